The summed E-state index contributed by atoms with van der Waals surface area (Å²) in [5.41, 5.74) is 0.285. The van der Waals surface area contributed by atoms with Crippen molar-refractivity contribution < 1.29 is 23.1 Å². The van der Waals surface area contributed by atoms with Gasteiger partial charge in [0.2, 0.25) is 15.9 Å². The second-order valence-corrected chi connectivity index (χ2v) is 5.76. The Morgan fingerprint density at radius 2 is 1.95 bits per heavy atom. The third kappa shape index (κ3) is 4.81. The zero-order valence-electron chi connectivity index (χ0n) is 9.33. The van der Waals surface area contributed by atoms with Gasteiger partial charge >= 0.3 is 5.97 Å². The lowest BCUT2D eigenvalue weighted by molar-refractivity contribution is -0.131. The lowest BCUT2D eigenvalue weighted by Crippen LogP contribution is -2.13. The summed E-state index contributed by atoms with van der Waals surface area (Å²) in [5, 5.41) is 15.7. The monoisotopic (exact) mass is 348 g/mol. The summed E-state index contributed by atoms with van der Waals surface area (Å²) in [6.45, 7) is 0. The van der Waals surface area contributed by atoms with Crippen LogP contribution in [-0.4, -0.2) is 25.4 Å². The van der Waals surface area contributed by atoms with Gasteiger partial charge in [-0.1, -0.05) is 0 Å². The molecule has 0 bridgehead atoms. The molecule has 0 saturated heterocycles. The van der Waals surface area contributed by atoms with E-state index in [-0.39, 0.29) is 10.6 Å². The molecule has 0 atom stereocenters. The molecule has 0 aliphatic heterocycles. The van der Waals surface area contributed by atoms with E-state index in [0.717, 1.165) is 6.08 Å². The number of carboxylic acids is 1. The first kappa shape index (κ1) is 15.3. The summed E-state index contributed by atoms with van der Waals surface area (Å²) in [4.78, 5) is 21.4. The average Bonchev–Trinajstić information content (AvgIpc) is 2.27. The molecule has 1 aromatic carbocycles. The first-order chi connectivity index (χ1) is 8.70. The zero-order valence-corrected chi connectivity index (χ0v) is 11.7. The molecule has 0 spiro atoms. The van der Waals surface area contributed by atoms with Crippen LogP contribution in [0, 0.1) is 0 Å². The van der Waals surface area contributed by atoms with Gasteiger partial charge in [-0.15, -0.1) is 0 Å². The maximum atomic E-state index is 11.3. The Bertz CT molecular complexity index is 654. The van der Waals surface area contributed by atoms with E-state index in [9.17, 15) is 18.0 Å². The van der Waals surface area contributed by atoms with Crippen molar-refractivity contribution >= 4 is 43.5 Å². The van der Waals surface area contributed by atoms with Crippen LogP contribution in [0.5, 0.6) is 0 Å². The van der Waals surface area contributed by atoms with Crippen LogP contribution in [0.15, 0.2) is 39.7 Å². The second kappa shape index (κ2) is 5.95. The Morgan fingerprint density at radius 1 is 1.32 bits per heavy atom. The third-order valence-electron chi connectivity index (χ3n) is 1.90. The van der Waals surface area contributed by atoms with Crippen molar-refractivity contribution in [2.75, 3.05) is 5.32 Å². The van der Waals surface area contributed by atoms with Gasteiger partial charge in [-0.3, -0.25) is 4.79 Å². The summed E-state index contributed by atoms with van der Waals surface area (Å²) in [6.07, 6.45) is 1.52. The highest BCUT2D eigenvalue weighted by Gasteiger charge is 2.11. The molecule has 0 heterocycles. The lowest BCUT2D eigenvalue weighted by Gasteiger charge is -2.06. The van der Waals surface area contributed by atoms with Gasteiger partial charge in [0.15, 0.2) is 0 Å². The molecule has 0 unspecified atom stereocenters. The Labute approximate surface area is 117 Å². The van der Waals surface area contributed by atoms with E-state index >= 15 is 0 Å². The standard InChI is InChI=1S/C10H9BrN2O5S/c11-7-5-6(19(12,17)18)1-2-8(7)13-9(14)3-4-10(15)16/h1-5H,(H,13,14)(H,15,16)(H2,12,17,18)/b4-3+. The Morgan fingerprint density at radius 3 is 2.42 bits per heavy atom. The minimum atomic E-state index is -3.83. The van der Waals surface area contributed by atoms with Crippen molar-refractivity contribution in [1.29, 1.82) is 0 Å². The number of carbonyl (C=O) groups excluding carboxylic acids is 1. The number of carboxylic acid groups (broad SMARTS) is 1. The highest BCUT2D eigenvalue weighted by atomic mass is 79.9. The van der Waals surface area contributed by atoms with E-state index in [4.69, 9.17) is 10.2 Å². The maximum absolute atomic E-state index is 11.3. The minimum absolute atomic E-state index is 0.113. The molecule has 0 aliphatic rings. The Balaban J connectivity index is 2.93. The normalized spacial score (nSPS) is 11.5. The van der Waals surface area contributed by atoms with Crippen LogP contribution in [0.25, 0.3) is 0 Å². The first-order valence-electron chi connectivity index (χ1n) is 4.74. The molecule has 1 amide bonds. The molecule has 7 nitrogen and oxygen atoms in total. The molecule has 1 rings (SSSR count). The molecular weight excluding hydrogens is 340 g/mol. The highest BCUT2D eigenvalue weighted by Crippen LogP contribution is 2.25. The molecular formula is C10H9BrN2O5S. The number of sulfonamides is 1. The van der Waals surface area contributed by atoms with Crippen molar-refractivity contribution in [2.24, 2.45) is 5.14 Å². The van der Waals surface area contributed by atoms with Crippen molar-refractivity contribution in [2.45, 2.75) is 4.90 Å². The molecule has 102 valence electrons. The molecule has 0 aromatic heterocycles. The van der Waals surface area contributed by atoms with Gasteiger partial charge < -0.3 is 10.4 Å². The second-order valence-electron chi connectivity index (χ2n) is 3.35. The number of anilines is 1. The summed E-state index contributed by atoms with van der Waals surface area (Å²) >= 11 is 3.07. The summed E-state index contributed by atoms with van der Waals surface area (Å²) in [6, 6.07) is 3.78. The molecule has 19 heavy (non-hydrogen) atoms. The molecule has 4 N–H and O–H groups in total. The first-order valence-corrected chi connectivity index (χ1v) is 7.08. The predicted octanol–water partition coefficient (Wildman–Crippen LogP) is 0.676. The number of hydrogen-bond acceptors (Lipinski definition) is 4. The van der Waals surface area contributed by atoms with Crippen LogP contribution in [0.3, 0.4) is 0 Å². The maximum Gasteiger partial charge on any atom is 0.328 e. The fraction of sp³-hybridized carbons (Fsp3) is 0. The van der Waals surface area contributed by atoms with Gasteiger partial charge in [0.05, 0.1) is 10.6 Å². The van der Waals surface area contributed by atoms with E-state index in [2.05, 4.69) is 21.2 Å². The number of nitrogens with two attached hydrogens (primary N) is 1. The van der Waals surface area contributed by atoms with Crippen LogP contribution in [0.4, 0.5) is 5.69 Å². The van der Waals surface area contributed by atoms with E-state index < -0.39 is 21.9 Å². The number of aliphatic carboxylic acids is 1. The van der Waals surface area contributed by atoms with Gasteiger partial charge in [-0.2, -0.15) is 0 Å². The summed E-state index contributed by atoms with van der Waals surface area (Å²) in [5.74, 6) is -1.91. The topological polar surface area (TPSA) is 127 Å². The Kier molecular flexibility index (Phi) is 4.81. The van der Waals surface area contributed by atoms with Crippen LogP contribution < -0.4 is 10.5 Å². The molecule has 0 aliphatic carbocycles. The zero-order chi connectivity index (χ0) is 14.6. The predicted molar refractivity (Wildman–Crippen MR) is 70.9 cm³/mol. The van der Waals surface area contributed by atoms with E-state index in [1.807, 2.05) is 0 Å². The number of benzene rings is 1. The molecule has 1 aromatic rings. The van der Waals surface area contributed by atoms with E-state index in [0.29, 0.717) is 10.5 Å². The molecule has 0 radical (unpaired) electrons. The van der Waals surface area contributed by atoms with Crippen LogP contribution in [0.1, 0.15) is 0 Å². The molecule has 0 saturated carbocycles. The largest absolute Gasteiger partial charge is 0.478 e. The fourth-order valence-corrected chi connectivity index (χ4v) is 2.26. The third-order valence-corrected chi connectivity index (χ3v) is 3.47. The lowest BCUT2D eigenvalue weighted by atomic mass is 10.3. The highest BCUT2D eigenvalue weighted by molar-refractivity contribution is 9.10. The minimum Gasteiger partial charge on any atom is -0.478 e. The van der Waals surface area contributed by atoms with Gasteiger partial charge in [-0.05, 0) is 34.1 Å². The van der Waals surface area contributed by atoms with Crippen molar-refractivity contribution in [1.82, 2.24) is 0 Å². The smallest absolute Gasteiger partial charge is 0.328 e. The van der Waals surface area contributed by atoms with Gasteiger partial charge in [0.1, 0.15) is 0 Å². The number of primary sulfonamides is 1. The summed E-state index contributed by atoms with van der Waals surface area (Å²) in [7, 11) is -3.83. The fourth-order valence-electron chi connectivity index (χ4n) is 1.10. The number of rotatable bonds is 4. The van der Waals surface area contributed by atoms with Crippen molar-refractivity contribution in [3.8, 4) is 0 Å². The molecule has 9 heteroatoms. The number of carbonyl (C=O) groups is 2. The number of hydrogen-bond donors (Lipinski definition) is 3. The van der Waals surface area contributed by atoms with Gasteiger partial charge in [-0.25, -0.2) is 18.4 Å². The van der Waals surface area contributed by atoms with Gasteiger partial charge in [0.25, 0.3) is 0 Å². The Hall–Kier alpha value is -1.71. The van der Waals surface area contributed by atoms with Gasteiger partial charge in [0, 0.05) is 16.6 Å². The van der Waals surface area contributed by atoms with Crippen LogP contribution in [-0.2, 0) is 19.6 Å². The van der Waals surface area contributed by atoms with Crippen molar-refractivity contribution in [3.05, 3.63) is 34.8 Å². The van der Waals surface area contributed by atoms with Crippen molar-refractivity contribution in [3.63, 3.8) is 0 Å². The number of amides is 1. The average molecular weight is 349 g/mol. The van der Waals surface area contributed by atoms with E-state index in [1.54, 1.807) is 0 Å². The number of halogens is 1. The number of nitrogens with one attached hydrogen (secondary N) is 1. The van der Waals surface area contributed by atoms with E-state index in [1.165, 1.54) is 18.2 Å². The van der Waals surface area contributed by atoms with Crippen LogP contribution >= 0.6 is 15.9 Å². The summed E-state index contributed by atoms with van der Waals surface area (Å²) < 4.78 is 22.5. The molecule has 0 fully saturated rings. The quantitative estimate of drug-likeness (QED) is 0.689. The van der Waals surface area contributed by atoms with Crippen LogP contribution in [0.2, 0.25) is 0 Å². The SMILES string of the molecule is NS(=O)(=O)c1ccc(NC(=O)/C=C/C(=O)O)c(Br)c1.